The minimum absolute atomic E-state index is 0.172. The van der Waals surface area contributed by atoms with E-state index in [-0.39, 0.29) is 12.7 Å². The van der Waals surface area contributed by atoms with E-state index in [1.165, 1.54) is 6.92 Å². The number of rotatable bonds is 8. The van der Waals surface area contributed by atoms with Crippen molar-refractivity contribution >= 4 is 34.9 Å². The topological polar surface area (TPSA) is 125 Å². The molecule has 0 unspecified atom stereocenters. The Bertz CT molecular complexity index is 1020. The van der Waals surface area contributed by atoms with Gasteiger partial charge in [-0.3, -0.25) is 9.59 Å². The average molecular weight is 427 g/mol. The lowest BCUT2D eigenvalue weighted by atomic mass is 10.1. The van der Waals surface area contributed by atoms with E-state index in [0.29, 0.717) is 28.6 Å². The highest BCUT2D eigenvalue weighted by Gasteiger charge is 2.14. The van der Waals surface area contributed by atoms with Gasteiger partial charge in [0.1, 0.15) is 0 Å². The van der Waals surface area contributed by atoms with Crippen LogP contribution in [0.2, 0.25) is 0 Å². The van der Waals surface area contributed by atoms with E-state index in [1.807, 2.05) is 0 Å². The standard InChI is InChI=1S/C21H21N3O7/c1-13(15-6-7-18-19(8-15)30-12-29-18)24-31-11-21(27)28-10-20(26)23-17-5-3-4-16(9-17)22-14(2)25/h3-9H,10-12H2,1-2H3,(H,22,25)(H,23,26)/b24-13+. The molecule has 0 spiro atoms. The van der Waals surface area contributed by atoms with Crippen LogP contribution in [0.1, 0.15) is 19.4 Å². The molecule has 2 aromatic carbocycles. The van der Waals surface area contributed by atoms with Gasteiger partial charge in [0.25, 0.3) is 5.91 Å². The van der Waals surface area contributed by atoms with Crippen LogP contribution in [0.25, 0.3) is 0 Å². The molecule has 3 rings (SSSR count). The molecule has 2 N–H and O–H groups in total. The van der Waals surface area contributed by atoms with Gasteiger partial charge >= 0.3 is 5.97 Å². The first kappa shape index (κ1) is 21.6. The van der Waals surface area contributed by atoms with Crippen molar-refractivity contribution in [2.75, 3.05) is 30.6 Å². The molecule has 0 saturated heterocycles. The normalized spacial score (nSPS) is 12.1. The maximum absolute atomic E-state index is 11.9. The maximum atomic E-state index is 11.9. The number of carbonyl (C=O) groups excluding carboxylic acids is 3. The second kappa shape index (κ2) is 10.1. The van der Waals surface area contributed by atoms with Crippen LogP contribution in [0, 0.1) is 0 Å². The van der Waals surface area contributed by atoms with Crippen molar-refractivity contribution in [3.05, 3.63) is 48.0 Å². The third kappa shape index (κ3) is 6.46. The summed E-state index contributed by atoms with van der Waals surface area (Å²) < 4.78 is 15.4. The fourth-order valence-electron chi connectivity index (χ4n) is 2.62. The zero-order chi connectivity index (χ0) is 22.2. The van der Waals surface area contributed by atoms with Gasteiger partial charge in [0, 0.05) is 23.9 Å². The number of nitrogens with one attached hydrogen (secondary N) is 2. The molecule has 0 radical (unpaired) electrons. The smallest absolute Gasteiger partial charge is 0.347 e. The summed E-state index contributed by atoms with van der Waals surface area (Å²) in [5.41, 5.74) is 2.26. The summed E-state index contributed by atoms with van der Waals surface area (Å²) in [6, 6.07) is 11.9. The molecule has 162 valence electrons. The number of anilines is 2. The number of nitrogens with zero attached hydrogens (tertiary/aromatic N) is 1. The van der Waals surface area contributed by atoms with E-state index in [2.05, 4.69) is 15.8 Å². The molecule has 10 nitrogen and oxygen atoms in total. The Morgan fingerprint density at radius 2 is 1.71 bits per heavy atom. The average Bonchev–Trinajstić information content (AvgIpc) is 3.20. The van der Waals surface area contributed by atoms with Crippen LogP contribution < -0.4 is 20.1 Å². The van der Waals surface area contributed by atoms with Gasteiger partial charge in [0.05, 0.1) is 5.71 Å². The molecule has 10 heteroatoms. The second-order valence-electron chi connectivity index (χ2n) is 6.49. The summed E-state index contributed by atoms with van der Waals surface area (Å²) in [7, 11) is 0. The molecule has 1 heterocycles. The van der Waals surface area contributed by atoms with E-state index >= 15 is 0 Å². The van der Waals surface area contributed by atoms with Gasteiger partial charge in [0.15, 0.2) is 18.1 Å². The lowest BCUT2D eigenvalue weighted by Gasteiger charge is -2.08. The quantitative estimate of drug-likeness (QED) is 0.376. The molecule has 0 aromatic heterocycles. The van der Waals surface area contributed by atoms with Crippen molar-refractivity contribution in [2.45, 2.75) is 13.8 Å². The predicted octanol–water partition coefficient (Wildman–Crippen LogP) is 2.30. The van der Waals surface area contributed by atoms with Crippen LogP contribution in [0.4, 0.5) is 11.4 Å². The van der Waals surface area contributed by atoms with Crippen molar-refractivity contribution in [1.29, 1.82) is 0 Å². The molecule has 0 aliphatic carbocycles. The molecular formula is C21H21N3O7. The molecule has 31 heavy (non-hydrogen) atoms. The number of benzene rings is 2. The summed E-state index contributed by atoms with van der Waals surface area (Å²) in [4.78, 5) is 39.8. The zero-order valence-corrected chi connectivity index (χ0v) is 17.0. The molecule has 0 fully saturated rings. The number of hydrogen-bond donors (Lipinski definition) is 2. The fourth-order valence-corrected chi connectivity index (χ4v) is 2.62. The lowest BCUT2D eigenvalue weighted by Crippen LogP contribution is -2.22. The van der Waals surface area contributed by atoms with Gasteiger partial charge in [-0.1, -0.05) is 11.2 Å². The molecule has 0 atom stereocenters. The number of ether oxygens (including phenoxy) is 3. The van der Waals surface area contributed by atoms with Gasteiger partial charge in [-0.15, -0.1) is 0 Å². The zero-order valence-electron chi connectivity index (χ0n) is 17.0. The van der Waals surface area contributed by atoms with Crippen molar-refractivity contribution in [1.82, 2.24) is 0 Å². The van der Waals surface area contributed by atoms with Crippen LogP contribution in [0.5, 0.6) is 11.5 Å². The Kier molecular flexibility index (Phi) is 7.05. The summed E-state index contributed by atoms with van der Waals surface area (Å²) in [6.45, 7) is 2.33. The van der Waals surface area contributed by atoms with Crippen molar-refractivity contribution < 1.29 is 33.4 Å². The predicted molar refractivity (Wildman–Crippen MR) is 111 cm³/mol. The molecule has 1 aliphatic rings. The van der Waals surface area contributed by atoms with Crippen LogP contribution in [-0.4, -0.2) is 43.5 Å². The number of oxime groups is 1. The van der Waals surface area contributed by atoms with Gasteiger partial charge < -0.3 is 29.7 Å². The van der Waals surface area contributed by atoms with Crippen molar-refractivity contribution in [3.8, 4) is 11.5 Å². The highest BCUT2D eigenvalue weighted by Crippen LogP contribution is 2.32. The molecule has 0 bridgehead atoms. The molecule has 1 aliphatic heterocycles. The molecule has 2 aromatic rings. The number of carbonyl (C=O) groups is 3. The lowest BCUT2D eigenvalue weighted by molar-refractivity contribution is -0.151. The first-order valence-corrected chi connectivity index (χ1v) is 9.30. The van der Waals surface area contributed by atoms with E-state index < -0.39 is 25.1 Å². The summed E-state index contributed by atoms with van der Waals surface area (Å²) in [5.74, 6) is -0.243. The fraction of sp³-hybridized carbons (Fsp3) is 0.238. The number of amides is 2. The van der Waals surface area contributed by atoms with Gasteiger partial charge in [-0.2, -0.15) is 0 Å². The Morgan fingerprint density at radius 1 is 0.968 bits per heavy atom. The maximum Gasteiger partial charge on any atom is 0.347 e. The van der Waals surface area contributed by atoms with Gasteiger partial charge in [0.2, 0.25) is 19.3 Å². The molecule has 0 saturated carbocycles. The molecular weight excluding hydrogens is 406 g/mol. The minimum atomic E-state index is -0.746. The summed E-state index contributed by atoms with van der Waals surface area (Å²) >= 11 is 0. The van der Waals surface area contributed by atoms with Crippen LogP contribution in [-0.2, 0) is 24.0 Å². The first-order chi connectivity index (χ1) is 14.9. The number of esters is 1. The highest BCUT2D eigenvalue weighted by molar-refractivity contribution is 5.99. The number of fused-ring (bicyclic) bond motifs is 1. The highest BCUT2D eigenvalue weighted by atomic mass is 16.7. The summed E-state index contributed by atoms with van der Waals surface area (Å²) in [6.07, 6.45) is 0. The third-order valence-electron chi connectivity index (χ3n) is 4.01. The van der Waals surface area contributed by atoms with Crippen LogP contribution in [0.15, 0.2) is 47.6 Å². The van der Waals surface area contributed by atoms with Gasteiger partial charge in [-0.25, -0.2) is 4.79 Å². The summed E-state index contributed by atoms with van der Waals surface area (Å²) in [5, 5.41) is 9.05. The first-order valence-electron chi connectivity index (χ1n) is 9.30. The monoisotopic (exact) mass is 427 g/mol. The van der Waals surface area contributed by atoms with E-state index in [0.717, 1.165) is 5.56 Å². The van der Waals surface area contributed by atoms with E-state index in [1.54, 1.807) is 49.4 Å². The SMILES string of the molecule is CC(=O)Nc1cccc(NC(=O)COC(=O)CO/N=C(\C)c2ccc3c(c2)OCO3)c1. The Hall–Kier alpha value is -4.08. The second-order valence-corrected chi connectivity index (χ2v) is 6.49. The Balaban J connectivity index is 1.41. The van der Waals surface area contributed by atoms with Crippen molar-refractivity contribution in [2.24, 2.45) is 5.16 Å². The Labute approximate surface area is 178 Å². The Morgan fingerprint density at radius 3 is 2.48 bits per heavy atom. The van der Waals surface area contributed by atoms with Crippen LogP contribution in [0.3, 0.4) is 0 Å². The van der Waals surface area contributed by atoms with E-state index in [4.69, 9.17) is 19.0 Å². The van der Waals surface area contributed by atoms with Gasteiger partial charge in [-0.05, 0) is 43.3 Å². The van der Waals surface area contributed by atoms with E-state index in [9.17, 15) is 14.4 Å². The number of hydrogen-bond acceptors (Lipinski definition) is 8. The molecule has 2 amide bonds. The minimum Gasteiger partial charge on any atom is -0.454 e. The van der Waals surface area contributed by atoms with Crippen molar-refractivity contribution in [3.63, 3.8) is 0 Å². The van der Waals surface area contributed by atoms with Crippen LogP contribution >= 0.6 is 0 Å². The largest absolute Gasteiger partial charge is 0.454 e. The third-order valence-corrected chi connectivity index (χ3v) is 4.01.